The van der Waals surface area contributed by atoms with E-state index in [4.69, 9.17) is 4.74 Å². The third-order valence-electron chi connectivity index (χ3n) is 3.11. The molecule has 0 amide bonds. The van der Waals surface area contributed by atoms with Crippen LogP contribution in [0, 0.1) is 0 Å². The maximum atomic E-state index is 11.4. The Balaban J connectivity index is 0.00000242. The van der Waals surface area contributed by atoms with Crippen LogP contribution in [0.3, 0.4) is 0 Å². The number of hydrogen-bond donors (Lipinski definition) is 2. The lowest BCUT2D eigenvalue weighted by atomic mass is 10.1. The van der Waals surface area contributed by atoms with Gasteiger partial charge in [-0.05, 0) is 32.3 Å². The maximum absolute atomic E-state index is 11.4. The molecule has 120 valence electrons. The molecule has 0 aliphatic carbocycles. The first-order valence-electron chi connectivity index (χ1n) is 6.62. The van der Waals surface area contributed by atoms with Gasteiger partial charge in [-0.2, -0.15) is 0 Å². The summed E-state index contributed by atoms with van der Waals surface area (Å²) in [4.78, 5) is 17.8. The van der Waals surface area contributed by atoms with E-state index < -0.39 is 5.97 Å². The Morgan fingerprint density at radius 2 is 2.09 bits per heavy atom. The predicted molar refractivity (Wildman–Crippen MR) is 89.5 cm³/mol. The SMILES string of the molecule is COc1ccc2cc(C(=O)O)c(NCCN(C)C)nc2c1.Cl. The molecule has 0 fully saturated rings. The van der Waals surface area contributed by atoms with Crippen LogP contribution < -0.4 is 10.1 Å². The minimum Gasteiger partial charge on any atom is -0.497 e. The fourth-order valence-corrected chi connectivity index (χ4v) is 1.97. The van der Waals surface area contributed by atoms with Crippen LogP contribution in [-0.4, -0.2) is 55.3 Å². The normalized spacial score (nSPS) is 10.4. The van der Waals surface area contributed by atoms with Crippen LogP contribution in [0.15, 0.2) is 24.3 Å². The van der Waals surface area contributed by atoms with E-state index in [0.29, 0.717) is 23.6 Å². The molecule has 0 atom stereocenters. The number of carboxylic acid groups (broad SMARTS) is 1. The average Bonchev–Trinajstić information content (AvgIpc) is 2.45. The van der Waals surface area contributed by atoms with E-state index in [1.807, 2.05) is 19.0 Å². The van der Waals surface area contributed by atoms with Crippen molar-refractivity contribution < 1.29 is 14.6 Å². The summed E-state index contributed by atoms with van der Waals surface area (Å²) < 4.78 is 5.17. The summed E-state index contributed by atoms with van der Waals surface area (Å²) in [6.07, 6.45) is 0. The quantitative estimate of drug-likeness (QED) is 0.849. The van der Waals surface area contributed by atoms with Crippen LogP contribution in [0.5, 0.6) is 5.75 Å². The van der Waals surface area contributed by atoms with E-state index >= 15 is 0 Å². The Labute approximate surface area is 135 Å². The molecule has 1 heterocycles. The van der Waals surface area contributed by atoms with E-state index in [1.165, 1.54) is 0 Å². The van der Waals surface area contributed by atoms with Gasteiger partial charge in [0.15, 0.2) is 0 Å². The smallest absolute Gasteiger partial charge is 0.339 e. The summed E-state index contributed by atoms with van der Waals surface area (Å²) >= 11 is 0. The zero-order valence-electron chi connectivity index (χ0n) is 12.8. The number of methoxy groups -OCH3 is 1. The number of anilines is 1. The van der Waals surface area contributed by atoms with E-state index in [0.717, 1.165) is 11.9 Å². The molecule has 2 rings (SSSR count). The van der Waals surface area contributed by atoms with Crippen molar-refractivity contribution in [1.29, 1.82) is 0 Å². The standard InChI is InChI=1S/C15H19N3O3.ClH/c1-18(2)7-6-16-14-12(15(19)20)8-10-4-5-11(21-3)9-13(10)17-14;/h4-5,8-9H,6-7H2,1-3H3,(H,16,17)(H,19,20);1H. The van der Waals surface area contributed by atoms with Gasteiger partial charge in [0.05, 0.1) is 12.6 Å². The van der Waals surface area contributed by atoms with Gasteiger partial charge in [-0.1, -0.05) is 0 Å². The fraction of sp³-hybridized carbons (Fsp3) is 0.333. The number of aromatic nitrogens is 1. The minimum atomic E-state index is -0.993. The molecule has 1 aromatic carbocycles. The van der Waals surface area contributed by atoms with Crippen LogP contribution in [0.4, 0.5) is 5.82 Å². The minimum absolute atomic E-state index is 0. The van der Waals surface area contributed by atoms with Gasteiger partial charge < -0.3 is 20.1 Å². The topological polar surface area (TPSA) is 74.7 Å². The second-order valence-electron chi connectivity index (χ2n) is 4.98. The highest BCUT2D eigenvalue weighted by molar-refractivity contribution is 5.98. The number of nitrogens with one attached hydrogen (secondary N) is 1. The molecule has 0 unspecified atom stereocenters. The molecule has 0 spiro atoms. The molecular weight excluding hydrogens is 306 g/mol. The molecule has 0 radical (unpaired) electrons. The molecule has 6 nitrogen and oxygen atoms in total. The summed E-state index contributed by atoms with van der Waals surface area (Å²) in [5, 5.41) is 13.2. The second-order valence-corrected chi connectivity index (χ2v) is 4.98. The van der Waals surface area contributed by atoms with Gasteiger partial charge >= 0.3 is 5.97 Å². The molecule has 2 aromatic rings. The summed E-state index contributed by atoms with van der Waals surface area (Å²) in [7, 11) is 5.50. The van der Waals surface area contributed by atoms with Crippen molar-refractivity contribution in [3.63, 3.8) is 0 Å². The first-order chi connectivity index (χ1) is 10.0. The van der Waals surface area contributed by atoms with Crippen molar-refractivity contribution in [3.8, 4) is 5.75 Å². The third-order valence-corrected chi connectivity index (χ3v) is 3.11. The highest BCUT2D eigenvalue weighted by atomic mass is 35.5. The molecule has 2 N–H and O–H groups in total. The first kappa shape index (κ1) is 18.0. The lowest BCUT2D eigenvalue weighted by Gasteiger charge is -2.13. The second kappa shape index (κ2) is 7.82. The number of hydrogen-bond acceptors (Lipinski definition) is 5. The lowest BCUT2D eigenvalue weighted by molar-refractivity contribution is 0.0698. The number of fused-ring (bicyclic) bond motifs is 1. The van der Waals surface area contributed by atoms with Gasteiger partial charge in [-0.25, -0.2) is 9.78 Å². The molecule has 0 aliphatic rings. The molecule has 0 bridgehead atoms. The molecule has 22 heavy (non-hydrogen) atoms. The van der Waals surface area contributed by atoms with E-state index in [9.17, 15) is 9.90 Å². The zero-order chi connectivity index (χ0) is 15.4. The van der Waals surface area contributed by atoms with Crippen LogP contribution in [0.25, 0.3) is 10.9 Å². The summed E-state index contributed by atoms with van der Waals surface area (Å²) in [5.41, 5.74) is 0.873. The number of aromatic carboxylic acids is 1. The number of ether oxygens (including phenoxy) is 1. The lowest BCUT2D eigenvalue weighted by Crippen LogP contribution is -2.22. The maximum Gasteiger partial charge on any atom is 0.339 e. The van der Waals surface area contributed by atoms with Crippen molar-refractivity contribution in [3.05, 3.63) is 29.8 Å². The van der Waals surface area contributed by atoms with E-state index in [1.54, 1.807) is 31.4 Å². The Morgan fingerprint density at radius 3 is 2.68 bits per heavy atom. The largest absolute Gasteiger partial charge is 0.497 e. The summed E-state index contributed by atoms with van der Waals surface area (Å²) in [6.45, 7) is 1.41. The number of rotatable bonds is 6. The molecule has 1 aromatic heterocycles. The van der Waals surface area contributed by atoms with Crippen molar-refractivity contribution in [2.45, 2.75) is 0 Å². The van der Waals surface area contributed by atoms with Crippen LogP contribution >= 0.6 is 12.4 Å². The van der Waals surface area contributed by atoms with Gasteiger partial charge in [0.1, 0.15) is 17.1 Å². The van der Waals surface area contributed by atoms with Crippen molar-refractivity contribution >= 4 is 35.1 Å². The van der Waals surface area contributed by atoms with Crippen LogP contribution in [0.2, 0.25) is 0 Å². The number of benzene rings is 1. The summed E-state index contributed by atoms with van der Waals surface area (Å²) in [6, 6.07) is 7.01. The zero-order valence-corrected chi connectivity index (χ0v) is 13.6. The average molecular weight is 326 g/mol. The molecule has 0 saturated carbocycles. The Hall–Kier alpha value is -2.05. The summed E-state index contributed by atoms with van der Waals surface area (Å²) in [5.74, 6) is 0.0787. The highest BCUT2D eigenvalue weighted by Gasteiger charge is 2.13. The number of carboxylic acids is 1. The molecule has 0 saturated heterocycles. The van der Waals surface area contributed by atoms with E-state index in [2.05, 4.69) is 10.3 Å². The van der Waals surface area contributed by atoms with Gasteiger partial charge in [-0.15, -0.1) is 12.4 Å². The molecule has 7 heteroatoms. The number of halogens is 1. The van der Waals surface area contributed by atoms with Crippen molar-refractivity contribution in [2.24, 2.45) is 0 Å². The van der Waals surface area contributed by atoms with Gasteiger partial charge in [0, 0.05) is 24.5 Å². The third kappa shape index (κ3) is 4.22. The van der Waals surface area contributed by atoms with Gasteiger partial charge in [0.25, 0.3) is 0 Å². The fourth-order valence-electron chi connectivity index (χ4n) is 1.97. The monoisotopic (exact) mass is 325 g/mol. The molecule has 0 aliphatic heterocycles. The van der Waals surface area contributed by atoms with Gasteiger partial charge in [0.2, 0.25) is 0 Å². The predicted octanol–water partition coefficient (Wildman–Crippen LogP) is 2.34. The molecular formula is C15H20ClN3O3. The van der Waals surface area contributed by atoms with Crippen LogP contribution in [0.1, 0.15) is 10.4 Å². The first-order valence-corrected chi connectivity index (χ1v) is 6.62. The van der Waals surface area contributed by atoms with Crippen LogP contribution in [-0.2, 0) is 0 Å². The van der Waals surface area contributed by atoms with Crippen molar-refractivity contribution in [2.75, 3.05) is 39.6 Å². The highest BCUT2D eigenvalue weighted by Crippen LogP contribution is 2.24. The van der Waals surface area contributed by atoms with Gasteiger partial charge in [-0.3, -0.25) is 0 Å². The number of pyridine rings is 1. The van der Waals surface area contributed by atoms with Crippen molar-refractivity contribution in [1.82, 2.24) is 9.88 Å². The Bertz CT molecular complexity index is 662. The van der Waals surface area contributed by atoms with E-state index in [-0.39, 0.29) is 18.0 Å². The number of nitrogens with zero attached hydrogens (tertiary/aromatic N) is 2. The Morgan fingerprint density at radius 1 is 1.36 bits per heavy atom. The Kier molecular flexibility index (Phi) is 6.39. The number of carbonyl (C=O) groups is 1. The number of likely N-dealkylation sites (N-methyl/N-ethyl adjacent to an activating group) is 1.